The van der Waals surface area contributed by atoms with Crippen molar-refractivity contribution in [3.8, 4) is 45.5 Å². The zero-order valence-electron chi connectivity index (χ0n) is 40.6. The minimum atomic E-state index is 0.562. The smallest absolute Gasteiger partial charge is 0.166 e. The van der Waals surface area contributed by atoms with Gasteiger partial charge in [-0.25, -0.2) is 15.0 Å². The van der Waals surface area contributed by atoms with Crippen molar-refractivity contribution in [3.63, 3.8) is 0 Å². The van der Waals surface area contributed by atoms with E-state index in [4.69, 9.17) is 19.4 Å². The van der Waals surface area contributed by atoms with Crippen LogP contribution in [0.15, 0.2) is 241 Å². The third-order valence-corrected chi connectivity index (χ3v) is 16.9. The maximum Gasteiger partial charge on any atom is 0.166 e. The Balaban J connectivity index is 1.02. The molecule has 76 heavy (non-hydrogen) atoms. The van der Waals surface area contributed by atoms with Crippen LogP contribution in [0.5, 0.6) is 0 Å². The van der Waals surface area contributed by atoms with Crippen molar-refractivity contribution < 1.29 is 4.42 Å². The Morgan fingerprint density at radius 1 is 0.329 bits per heavy atom. The first kappa shape index (κ1) is 41.5. The molecule has 0 saturated carbocycles. The fourth-order valence-corrected chi connectivity index (χ4v) is 13.5. The molecule has 5 heterocycles. The summed E-state index contributed by atoms with van der Waals surface area (Å²) in [6, 6.07) is 85.0. The number of fused-ring (bicyclic) bond motifs is 16. The standard InChI is InChI=1S/C69H39N5OS/c1-2-21-46(22-3-1)73-58-30-12-10-24-48(58)50-26-14-28-53(63(50)73)68-70-67(71-69(72-68)54-29-15-27-52-49-25-11-13-31-62(49)76-66(52)54)45-36-57-51-33-32-40-16-8-9-23-47(40)64(51)75-65(57)61(39-45)74-59-37-43-19-6-4-17-41(43)34-55(59)56-35-42-18-5-7-20-44(42)38-60(56)74/h1-39H. The molecule has 352 valence electrons. The lowest BCUT2D eigenvalue weighted by Crippen LogP contribution is -2.03. The van der Waals surface area contributed by atoms with Crippen LogP contribution in [0, 0.1) is 0 Å². The normalized spacial score (nSPS) is 12.2. The van der Waals surface area contributed by atoms with E-state index in [1.165, 1.54) is 37.0 Å². The summed E-state index contributed by atoms with van der Waals surface area (Å²) >= 11 is 1.78. The molecule has 0 spiro atoms. The Morgan fingerprint density at radius 2 is 0.908 bits per heavy atom. The third kappa shape index (κ3) is 6.00. The average Bonchev–Trinajstić information content (AvgIpc) is 4.40. The average molecular weight is 986 g/mol. The van der Waals surface area contributed by atoms with E-state index in [1.807, 2.05) is 0 Å². The van der Waals surface area contributed by atoms with Crippen molar-refractivity contribution >= 4 is 129 Å². The zero-order chi connectivity index (χ0) is 49.6. The van der Waals surface area contributed by atoms with Crippen LogP contribution in [-0.4, -0.2) is 24.1 Å². The first-order valence-electron chi connectivity index (χ1n) is 25.7. The van der Waals surface area contributed by atoms with E-state index in [1.54, 1.807) is 11.3 Å². The van der Waals surface area contributed by atoms with E-state index in [0.29, 0.717) is 17.5 Å². The SMILES string of the molecule is c1ccc(-n2c3ccccc3c3cccc(-c4nc(-c5cc(-n6c7cc8ccccc8cc7c7cc8ccccc8cc76)c6oc7c8ccccc8ccc7c6c5)nc(-c5cccc6c5sc5ccccc56)n4)c32)cc1. The van der Waals surface area contributed by atoms with Crippen molar-refractivity contribution in [3.05, 3.63) is 237 Å². The predicted molar refractivity (Wildman–Crippen MR) is 317 cm³/mol. The van der Waals surface area contributed by atoms with Gasteiger partial charge in [0.05, 0.1) is 27.8 Å². The molecule has 17 aromatic rings. The van der Waals surface area contributed by atoms with Gasteiger partial charge in [0.1, 0.15) is 5.58 Å². The van der Waals surface area contributed by atoms with Crippen molar-refractivity contribution in [2.24, 2.45) is 0 Å². The molecule has 0 saturated heterocycles. The molecule has 0 atom stereocenters. The minimum absolute atomic E-state index is 0.562. The second kappa shape index (κ2) is 15.8. The summed E-state index contributed by atoms with van der Waals surface area (Å²) in [5, 5.41) is 15.9. The lowest BCUT2D eigenvalue weighted by atomic mass is 10.0. The zero-order valence-corrected chi connectivity index (χ0v) is 41.4. The van der Waals surface area contributed by atoms with Crippen molar-refractivity contribution in [2.45, 2.75) is 0 Å². The number of furan rings is 1. The number of para-hydroxylation sites is 3. The summed E-state index contributed by atoms with van der Waals surface area (Å²) in [5.74, 6) is 1.76. The summed E-state index contributed by atoms with van der Waals surface area (Å²) in [5.41, 5.74) is 10.6. The van der Waals surface area contributed by atoms with Crippen LogP contribution < -0.4 is 0 Å². The van der Waals surface area contributed by atoms with Crippen LogP contribution in [-0.2, 0) is 0 Å². The maximum absolute atomic E-state index is 7.30. The number of nitrogens with zero attached hydrogens (tertiary/aromatic N) is 5. The molecule has 0 radical (unpaired) electrons. The number of benzene rings is 12. The fraction of sp³-hybridized carbons (Fsp3) is 0. The van der Waals surface area contributed by atoms with E-state index in [0.717, 1.165) is 109 Å². The van der Waals surface area contributed by atoms with Gasteiger partial charge in [0.2, 0.25) is 0 Å². The van der Waals surface area contributed by atoms with E-state index in [-0.39, 0.29) is 0 Å². The van der Waals surface area contributed by atoms with E-state index < -0.39 is 0 Å². The summed E-state index contributed by atoms with van der Waals surface area (Å²) in [7, 11) is 0. The maximum atomic E-state index is 7.30. The molecule has 0 aliphatic rings. The molecule has 0 unspecified atom stereocenters. The molecule has 0 bridgehead atoms. The van der Waals surface area contributed by atoms with E-state index in [9.17, 15) is 0 Å². The van der Waals surface area contributed by atoms with Gasteiger partial charge >= 0.3 is 0 Å². The van der Waals surface area contributed by atoms with Gasteiger partial charge in [-0.1, -0.05) is 158 Å². The van der Waals surface area contributed by atoms with Crippen molar-refractivity contribution in [2.75, 3.05) is 0 Å². The van der Waals surface area contributed by atoms with Gasteiger partial charge in [0.25, 0.3) is 0 Å². The molecule has 0 N–H and O–H groups in total. The molecule has 0 aliphatic heterocycles. The molecule has 5 aromatic heterocycles. The van der Waals surface area contributed by atoms with Gasteiger partial charge in [-0.15, -0.1) is 11.3 Å². The van der Waals surface area contributed by atoms with Crippen molar-refractivity contribution in [1.82, 2.24) is 24.1 Å². The summed E-state index contributed by atoms with van der Waals surface area (Å²) < 4.78 is 14.4. The topological polar surface area (TPSA) is 61.7 Å². The Morgan fingerprint density at radius 3 is 1.66 bits per heavy atom. The van der Waals surface area contributed by atoms with Crippen molar-refractivity contribution in [1.29, 1.82) is 0 Å². The molecule has 7 heteroatoms. The molecular formula is C69H39N5OS. The summed E-state index contributed by atoms with van der Waals surface area (Å²) in [6.45, 7) is 0. The summed E-state index contributed by atoms with van der Waals surface area (Å²) in [6.07, 6.45) is 0. The van der Waals surface area contributed by atoms with Gasteiger partial charge in [-0.05, 0) is 106 Å². The van der Waals surface area contributed by atoms with E-state index in [2.05, 4.69) is 246 Å². The lowest BCUT2D eigenvalue weighted by Gasteiger charge is -2.14. The molecule has 6 nitrogen and oxygen atoms in total. The second-order valence-electron chi connectivity index (χ2n) is 19.9. The molecular weight excluding hydrogens is 947 g/mol. The van der Waals surface area contributed by atoms with Gasteiger partial charge in [-0.2, -0.15) is 0 Å². The van der Waals surface area contributed by atoms with Crippen LogP contribution >= 0.6 is 11.3 Å². The number of hydrogen-bond acceptors (Lipinski definition) is 5. The molecule has 0 fully saturated rings. The van der Waals surface area contributed by atoms with Crippen LogP contribution in [0.3, 0.4) is 0 Å². The highest BCUT2D eigenvalue weighted by Gasteiger charge is 2.25. The monoisotopic (exact) mass is 985 g/mol. The highest BCUT2D eigenvalue weighted by molar-refractivity contribution is 7.26. The lowest BCUT2D eigenvalue weighted by molar-refractivity contribution is 0.670. The third-order valence-electron chi connectivity index (χ3n) is 15.7. The van der Waals surface area contributed by atoms with Gasteiger partial charge in [0.15, 0.2) is 23.1 Å². The number of hydrogen-bond donors (Lipinski definition) is 0. The number of rotatable bonds is 5. The quantitative estimate of drug-likeness (QED) is 0.172. The van der Waals surface area contributed by atoms with E-state index >= 15 is 0 Å². The Hall–Kier alpha value is -9.95. The second-order valence-corrected chi connectivity index (χ2v) is 20.9. The van der Waals surface area contributed by atoms with Crippen LogP contribution in [0.1, 0.15) is 0 Å². The minimum Gasteiger partial charge on any atom is -0.453 e. The van der Waals surface area contributed by atoms with Gasteiger partial charge < -0.3 is 13.6 Å². The highest BCUT2D eigenvalue weighted by atomic mass is 32.1. The molecule has 0 amide bonds. The number of thiophene rings is 1. The fourth-order valence-electron chi connectivity index (χ4n) is 12.2. The Labute approximate surface area is 437 Å². The highest BCUT2D eigenvalue weighted by Crippen LogP contribution is 2.46. The molecule has 12 aromatic carbocycles. The summed E-state index contributed by atoms with van der Waals surface area (Å²) in [4.78, 5) is 16.8. The van der Waals surface area contributed by atoms with Gasteiger partial charge in [-0.3, -0.25) is 0 Å². The first-order valence-corrected chi connectivity index (χ1v) is 26.5. The van der Waals surface area contributed by atoms with Crippen LogP contribution in [0.2, 0.25) is 0 Å². The largest absolute Gasteiger partial charge is 0.453 e. The predicted octanol–water partition coefficient (Wildman–Crippen LogP) is 18.8. The van der Waals surface area contributed by atoms with Crippen LogP contribution in [0.25, 0.3) is 164 Å². The van der Waals surface area contributed by atoms with Crippen LogP contribution in [0.4, 0.5) is 0 Å². The first-order chi connectivity index (χ1) is 37.7. The Bertz CT molecular complexity index is 5220. The number of aromatic nitrogens is 5. The molecule has 0 aliphatic carbocycles. The Kier molecular flexibility index (Phi) is 8.62. The molecule has 17 rings (SSSR count). The van der Waals surface area contributed by atoms with Gasteiger partial charge in [0, 0.05) is 80.3 Å².